The zero-order valence-corrected chi connectivity index (χ0v) is 11.7. The molecule has 1 saturated heterocycles. The zero-order valence-electron chi connectivity index (χ0n) is 11.7. The first-order valence-electron chi connectivity index (χ1n) is 7.23. The van der Waals surface area contributed by atoms with Crippen LogP contribution in [0.2, 0.25) is 0 Å². The van der Waals surface area contributed by atoms with E-state index in [9.17, 15) is 13.2 Å². The predicted octanol–water partition coefficient (Wildman–Crippen LogP) is 4.76. The third-order valence-electron chi connectivity index (χ3n) is 4.18. The van der Waals surface area contributed by atoms with Gasteiger partial charge in [0.25, 0.3) is 0 Å². The summed E-state index contributed by atoms with van der Waals surface area (Å²) >= 11 is 0. The average Bonchev–Trinajstić information content (AvgIpc) is 2.66. The Morgan fingerprint density at radius 2 is 1.67 bits per heavy atom. The van der Waals surface area contributed by atoms with Gasteiger partial charge in [-0.15, -0.1) is 0 Å². The lowest BCUT2D eigenvalue weighted by atomic mass is 9.98. The van der Waals surface area contributed by atoms with E-state index in [0.717, 1.165) is 19.3 Å². The minimum atomic E-state index is -4.09. The lowest BCUT2D eigenvalue weighted by Gasteiger charge is -2.36. The quantitative estimate of drug-likeness (QED) is 0.600. The van der Waals surface area contributed by atoms with Crippen molar-refractivity contribution in [2.45, 2.75) is 76.9 Å². The number of unbranched alkanes of at least 4 members (excludes halogenated alkanes) is 5. The van der Waals surface area contributed by atoms with Gasteiger partial charge in [0.2, 0.25) is 0 Å². The van der Waals surface area contributed by atoms with E-state index in [1.165, 1.54) is 26.2 Å². The van der Waals surface area contributed by atoms with Crippen molar-refractivity contribution in [3.8, 4) is 0 Å². The van der Waals surface area contributed by atoms with Gasteiger partial charge < -0.3 is 0 Å². The summed E-state index contributed by atoms with van der Waals surface area (Å²) in [6.07, 6.45) is 3.61. The summed E-state index contributed by atoms with van der Waals surface area (Å²) in [6.45, 7) is 4.73. The highest BCUT2D eigenvalue weighted by atomic mass is 19.4. The van der Waals surface area contributed by atoms with Gasteiger partial charge in [-0.1, -0.05) is 39.0 Å². The number of hydrogen-bond acceptors (Lipinski definition) is 1. The highest BCUT2D eigenvalue weighted by Gasteiger charge is 2.56. The van der Waals surface area contributed by atoms with E-state index in [-0.39, 0.29) is 6.42 Å². The van der Waals surface area contributed by atoms with Gasteiger partial charge in [-0.3, -0.25) is 4.90 Å². The van der Waals surface area contributed by atoms with E-state index >= 15 is 0 Å². The third kappa shape index (κ3) is 3.87. The molecule has 1 aliphatic rings. The smallest absolute Gasteiger partial charge is 0.290 e. The molecule has 0 aromatic rings. The molecule has 0 bridgehead atoms. The van der Waals surface area contributed by atoms with Crippen LogP contribution in [-0.2, 0) is 0 Å². The molecular weight excluding hydrogens is 239 g/mol. The number of nitrogens with zero attached hydrogens (tertiary/aromatic N) is 1. The molecule has 4 heteroatoms. The largest absolute Gasteiger partial charge is 0.406 e. The molecule has 0 aliphatic carbocycles. The summed E-state index contributed by atoms with van der Waals surface area (Å²) in [5, 5.41) is 0. The van der Waals surface area contributed by atoms with Crippen molar-refractivity contribution in [2.24, 2.45) is 0 Å². The second-order valence-electron chi connectivity index (χ2n) is 5.63. The molecule has 1 nitrogen and oxygen atoms in total. The number of likely N-dealkylation sites (tertiary alicyclic amines) is 1. The highest BCUT2D eigenvalue weighted by Crippen LogP contribution is 2.42. The van der Waals surface area contributed by atoms with Crippen LogP contribution in [0, 0.1) is 0 Å². The Morgan fingerprint density at radius 1 is 1.06 bits per heavy atom. The first kappa shape index (κ1) is 15.8. The summed E-state index contributed by atoms with van der Waals surface area (Å²) < 4.78 is 39.1. The Kier molecular flexibility index (Phi) is 5.96. The minimum absolute atomic E-state index is 0.256. The lowest BCUT2D eigenvalue weighted by Crippen LogP contribution is -2.52. The maximum absolute atomic E-state index is 13.0. The van der Waals surface area contributed by atoms with Crippen LogP contribution in [0.25, 0.3) is 0 Å². The Labute approximate surface area is 109 Å². The van der Waals surface area contributed by atoms with Crippen molar-refractivity contribution >= 4 is 0 Å². The van der Waals surface area contributed by atoms with Crippen molar-refractivity contribution in [3.63, 3.8) is 0 Å². The minimum Gasteiger partial charge on any atom is -0.290 e. The van der Waals surface area contributed by atoms with Crippen molar-refractivity contribution in [1.82, 2.24) is 4.90 Å². The van der Waals surface area contributed by atoms with E-state index in [1.54, 1.807) is 4.90 Å². The van der Waals surface area contributed by atoms with Gasteiger partial charge in [0.15, 0.2) is 0 Å². The standard InChI is InChI=1S/C14H26F3N/c1-3-4-5-6-7-8-11-18-12-9-10-13(18,2)14(15,16)17/h3-12H2,1-2H3. The SMILES string of the molecule is CCCCCCCCN1CCCC1(C)C(F)(F)F. The number of alkyl halides is 3. The van der Waals surface area contributed by atoms with Gasteiger partial charge in [0, 0.05) is 0 Å². The second-order valence-corrected chi connectivity index (χ2v) is 5.63. The van der Waals surface area contributed by atoms with Crippen LogP contribution in [0.4, 0.5) is 13.2 Å². The van der Waals surface area contributed by atoms with Gasteiger partial charge in [0.1, 0.15) is 5.54 Å². The Bertz CT molecular complexity index is 240. The molecule has 0 radical (unpaired) electrons. The first-order chi connectivity index (χ1) is 8.42. The topological polar surface area (TPSA) is 3.24 Å². The van der Waals surface area contributed by atoms with Gasteiger partial charge in [-0.05, 0) is 39.3 Å². The van der Waals surface area contributed by atoms with Crippen LogP contribution >= 0.6 is 0 Å². The summed E-state index contributed by atoms with van der Waals surface area (Å²) in [7, 11) is 0. The number of hydrogen-bond donors (Lipinski definition) is 0. The molecule has 1 fully saturated rings. The molecule has 1 atom stereocenters. The predicted molar refractivity (Wildman–Crippen MR) is 68.6 cm³/mol. The molecule has 0 saturated carbocycles. The Morgan fingerprint density at radius 3 is 2.28 bits per heavy atom. The molecule has 0 aromatic heterocycles. The van der Waals surface area contributed by atoms with Crippen LogP contribution in [0.5, 0.6) is 0 Å². The monoisotopic (exact) mass is 265 g/mol. The van der Waals surface area contributed by atoms with Gasteiger partial charge >= 0.3 is 6.18 Å². The van der Waals surface area contributed by atoms with Crippen LogP contribution in [0.15, 0.2) is 0 Å². The van der Waals surface area contributed by atoms with E-state index < -0.39 is 11.7 Å². The molecule has 0 N–H and O–H groups in total. The summed E-state index contributed by atoms with van der Waals surface area (Å²) in [6, 6.07) is 0. The van der Waals surface area contributed by atoms with Crippen LogP contribution in [0.3, 0.4) is 0 Å². The molecule has 1 aliphatic heterocycles. The maximum atomic E-state index is 13.0. The van der Waals surface area contributed by atoms with Crippen LogP contribution in [-0.4, -0.2) is 29.7 Å². The fraction of sp³-hybridized carbons (Fsp3) is 1.00. The molecule has 18 heavy (non-hydrogen) atoms. The fourth-order valence-corrected chi connectivity index (χ4v) is 2.78. The van der Waals surface area contributed by atoms with E-state index in [0.29, 0.717) is 19.5 Å². The van der Waals surface area contributed by atoms with Crippen molar-refractivity contribution < 1.29 is 13.2 Å². The molecule has 108 valence electrons. The van der Waals surface area contributed by atoms with Crippen molar-refractivity contribution in [2.75, 3.05) is 13.1 Å². The number of halogens is 3. The van der Waals surface area contributed by atoms with E-state index in [2.05, 4.69) is 6.92 Å². The normalized spacial score (nSPS) is 25.8. The molecule has 0 aromatic carbocycles. The molecule has 0 spiro atoms. The average molecular weight is 265 g/mol. The van der Waals surface area contributed by atoms with Crippen molar-refractivity contribution in [1.29, 1.82) is 0 Å². The van der Waals surface area contributed by atoms with Gasteiger partial charge in [0.05, 0.1) is 0 Å². The van der Waals surface area contributed by atoms with E-state index in [4.69, 9.17) is 0 Å². The Hall–Kier alpha value is -0.250. The number of rotatable bonds is 7. The lowest BCUT2D eigenvalue weighted by molar-refractivity contribution is -0.217. The second kappa shape index (κ2) is 6.78. The van der Waals surface area contributed by atoms with Crippen LogP contribution in [0.1, 0.15) is 65.2 Å². The fourth-order valence-electron chi connectivity index (χ4n) is 2.78. The van der Waals surface area contributed by atoms with E-state index in [1.807, 2.05) is 0 Å². The summed E-state index contributed by atoms with van der Waals surface area (Å²) in [5.41, 5.74) is -1.57. The molecule has 0 amide bonds. The molecular formula is C14H26F3N. The highest BCUT2D eigenvalue weighted by molar-refractivity contribution is 4.97. The van der Waals surface area contributed by atoms with Crippen LogP contribution < -0.4 is 0 Å². The van der Waals surface area contributed by atoms with Gasteiger partial charge in [-0.25, -0.2) is 0 Å². The van der Waals surface area contributed by atoms with Crippen molar-refractivity contribution in [3.05, 3.63) is 0 Å². The summed E-state index contributed by atoms with van der Waals surface area (Å²) in [4.78, 5) is 1.65. The maximum Gasteiger partial charge on any atom is 0.406 e. The third-order valence-corrected chi connectivity index (χ3v) is 4.18. The summed E-state index contributed by atoms with van der Waals surface area (Å²) in [5.74, 6) is 0. The Balaban J connectivity index is 2.29. The molecule has 1 heterocycles. The molecule has 1 rings (SSSR count). The molecule has 1 unspecified atom stereocenters. The van der Waals surface area contributed by atoms with Gasteiger partial charge in [-0.2, -0.15) is 13.2 Å². The first-order valence-corrected chi connectivity index (χ1v) is 7.23. The zero-order chi connectivity index (χ0) is 13.6.